The Morgan fingerprint density at radius 1 is 0.857 bits per heavy atom. The first-order chi connectivity index (χ1) is 20.2. The van der Waals surface area contributed by atoms with E-state index in [1.807, 2.05) is 36.4 Å². The van der Waals surface area contributed by atoms with Crippen LogP contribution in [0.5, 0.6) is 0 Å². The third-order valence-electron chi connectivity index (χ3n) is 7.24. The molecule has 1 amide bonds. The van der Waals surface area contributed by atoms with E-state index < -0.39 is 11.7 Å². The molecule has 0 bridgehead atoms. The Bertz CT molecular complexity index is 1550. The van der Waals surface area contributed by atoms with Gasteiger partial charge in [-0.2, -0.15) is 13.2 Å². The number of hydrogen-bond donors (Lipinski definition) is 2. The molecule has 1 heterocycles. The molecule has 0 aliphatic carbocycles. The van der Waals surface area contributed by atoms with E-state index in [1.165, 1.54) is 17.7 Å². The van der Waals surface area contributed by atoms with E-state index in [-0.39, 0.29) is 5.91 Å². The summed E-state index contributed by atoms with van der Waals surface area (Å²) in [5.74, 6) is -0.330. The summed E-state index contributed by atoms with van der Waals surface area (Å²) in [7, 11) is 0. The van der Waals surface area contributed by atoms with Crippen molar-refractivity contribution in [2.75, 3.05) is 36.4 Å². The summed E-state index contributed by atoms with van der Waals surface area (Å²) in [5.41, 5.74) is 4.66. The SMILES string of the molecule is O=C(Nc1ccc(N2CCN(Cc3cccc(C(=S)NBr)c3)CC2)cc1)c1ccccc1-c1ccc(C(F)(F)F)cc1. The lowest BCUT2D eigenvalue weighted by atomic mass is 9.98. The molecule has 216 valence electrons. The Morgan fingerprint density at radius 3 is 2.21 bits per heavy atom. The highest BCUT2D eigenvalue weighted by atomic mass is 79.9. The normalized spacial score (nSPS) is 14.0. The number of carbonyl (C=O) groups is 1. The maximum atomic E-state index is 13.2. The molecule has 5 rings (SSSR count). The Kier molecular flexibility index (Phi) is 9.25. The van der Waals surface area contributed by atoms with Gasteiger partial charge < -0.3 is 14.6 Å². The van der Waals surface area contributed by atoms with Gasteiger partial charge in [-0.15, -0.1) is 0 Å². The van der Waals surface area contributed by atoms with Crippen molar-refractivity contribution in [1.82, 2.24) is 9.24 Å². The van der Waals surface area contributed by atoms with E-state index in [0.717, 1.165) is 56.1 Å². The van der Waals surface area contributed by atoms with Crippen molar-refractivity contribution in [2.45, 2.75) is 12.7 Å². The van der Waals surface area contributed by atoms with Gasteiger partial charge in [-0.3, -0.25) is 9.69 Å². The van der Waals surface area contributed by atoms with Gasteiger partial charge in [0, 0.05) is 71.4 Å². The molecule has 0 radical (unpaired) electrons. The number of hydrogen-bond acceptors (Lipinski definition) is 4. The number of anilines is 2. The van der Waals surface area contributed by atoms with Crippen LogP contribution in [0.1, 0.15) is 27.0 Å². The first-order valence-electron chi connectivity index (χ1n) is 13.4. The highest BCUT2D eigenvalue weighted by Crippen LogP contribution is 2.32. The van der Waals surface area contributed by atoms with Crippen molar-refractivity contribution in [3.05, 3.63) is 119 Å². The number of carbonyl (C=O) groups excluding carboxylic acids is 1. The van der Waals surface area contributed by atoms with Gasteiger partial charge in [0.25, 0.3) is 5.91 Å². The second kappa shape index (κ2) is 13.1. The Balaban J connectivity index is 1.18. The van der Waals surface area contributed by atoms with Gasteiger partial charge in [0.05, 0.1) is 5.56 Å². The standard InChI is InChI=1S/C32H28BrF3N4OS/c33-38-31(42)24-5-3-4-22(20-24)21-39-16-18-40(19-17-39)27-14-12-26(13-15-27)37-30(41)29-7-2-1-6-28(29)23-8-10-25(11-9-23)32(34,35)36/h1-15,20H,16-19,21H2,(H,37,41)(H,38,42). The first-order valence-corrected chi connectivity index (χ1v) is 14.6. The van der Waals surface area contributed by atoms with Crippen LogP contribution in [0, 0.1) is 0 Å². The van der Waals surface area contributed by atoms with Crippen molar-refractivity contribution in [3.8, 4) is 11.1 Å². The lowest BCUT2D eigenvalue weighted by molar-refractivity contribution is -0.137. The van der Waals surface area contributed by atoms with Gasteiger partial charge in [0.15, 0.2) is 0 Å². The molecule has 1 aliphatic heterocycles. The summed E-state index contributed by atoms with van der Waals surface area (Å²) < 4.78 is 41.8. The van der Waals surface area contributed by atoms with Crippen molar-refractivity contribution in [2.24, 2.45) is 0 Å². The lowest BCUT2D eigenvalue weighted by Crippen LogP contribution is -2.45. The predicted molar refractivity (Wildman–Crippen MR) is 169 cm³/mol. The number of thiocarbonyl (C=S) groups is 1. The number of nitrogens with one attached hydrogen (secondary N) is 2. The van der Waals surface area contributed by atoms with E-state index in [0.29, 0.717) is 27.4 Å². The average molecular weight is 654 g/mol. The van der Waals surface area contributed by atoms with Gasteiger partial charge in [0.1, 0.15) is 4.99 Å². The summed E-state index contributed by atoms with van der Waals surface area (Å²) in [4.78, 5) is 18.6. The second-order valence-corrected chi connectivity index (χ2v) is 10.8. The van der Waals surface area contributed by atoms with Crippen molar-refractivity contribution in [3.63, 3.8) is 0 Å². The number of amides is 1. The predicted octanol–water partition coefficient (Wildman–Crippen LogP) is 7.52. The third kappa shape index (κ3) is 7.18. The number of benzene rings is 4. The average Bonchev–Trinajstić information content (AvgIpc) is 3.01. The molecule has 5 nitrogen and oxygen atoms in total. The molecule has 0 spiro atoms. The maximum absolute atomic E-state index is 13.2. The maximum Gasteiger partial charge on any atom is 0.416 e. The molecule has 1 aliphatic rings. The van der Waals surface area contributed by atoms with Crippen molar-refractivity contribution in [1.29, 1.82) is 0 Å². The highest BCUT2D eigenvalue weighted by molar-refractivity contribution is 9.08. The van der Waals surface area contributed by atoms with E-state index >= 15 is 0 Å². The molecular weight excluding hydrogens is 625 g/mol. The van der Waals surface area contributed by atoms with Gasteiger partial charge in [-0.1, -0.05) is 60.7 Å². The van der Waals surface area contributed by atoms with Gasteiger partial charge in [-0.05, 0) is 65.2 Å². The fraction of sp³-hybridized carbons (Fsp3) is 0.188. The zero-order chi connectivity index (χ0) is 29.7. The highest BCUT2D eigenvalue weighted by Gasteiger charge is 2.30. The quantitative estimate of drug-likeness (QED) is 0.160. The molecule has 4 aromatic carbocycles. The van der Waals surface area contributed by atoms with Crippen molar-refractivity contribution < 1.29 is 18.0 Å². The molecule has 0 aromatic heterocycles. The smallest absolute Gasteiger partial charge is 0.369 e. The van der Waals surface area contributed by atoms with E-state index in [2.05, 4.69) is 47.7 Å². The molecule has 0 atom stereocenters. The van der Waals surface area contributed by atoms with E-state index in [9.17, 15) is 18.0 Å². The fourth-order valence-electron chi connectivity index (χ4n) is 5.01. The van der Waals surface area contributed by atoms with Crippen LogP contribution in [-0.4, -0.2) is 42.0 Å². The van der Waals surface area contributed by atoms with Gasteiger partial charge in [-0.25, -0.2) is 0 Å². The summed E-state index contributed by atoms with van der Waals surface area (Å²) >= 11 is 8.51. The van der Waals surface area contributed by atoms with E-state index in [4.69, 9.17) is 12.2 Å². The monoisotopic (exact) mass is 652 g/mol. The number of nitrogens with zero attached hydrogens (tertiary/aromatic N) is 2. The lowest BCUT2D eigenvalue weighted by Gasteiger charge is -2.36. The number of piperazine rings is 1. The molecule has 4 aromatic rings. The zero-order valence-electron chi connectivity index (χ0n) is 22.5. The first kappa shape index (κ1) is 29.8. The Labute approximate surface area is 256 Å². The van der Waals surface area contributed by atoms with Gasteiger partial charge in [0.2, 0.25) is 0 Å². The number of halogens is 4. The van der Waals surface area contributed by atoms with Crippen LogP contribution in [0.25, 0.3) is 11.1 Å². The summed E-state index contributed by atoms with van der Waals surface area (Å²) in [6, 6.07) is 27.7. The van der Waals surface area contributed by atoms with Crippen LogP contribution < -0.4 is 14.6 Å². The molecular formula is C32H28BrF3N4OS. The molecule has 0 saturated carbocycles. The minimum atomic E-state index is -4.42. The second-order valence-electron chi connectivity index (χ2n) is 10.0. The van der Waals surface area contributed by atoms with Crippen LogP contribution in [0.4, 0.5) is 24.5 Å². The summed E-state index contributed by atoms with van der Waals surface area (Å²) in [6.45, 7) is 4.46. The topological polar surface area (TPSA) is 47.6 Å². The van der Waals surface area contributed by atoms with E-state index in [1.54, 1.807) is 24.3 Å². The zero-order valence-corrected chi connectivity index (χ0v) is 24.9. The Morgan fingerprint density at radius 2 is 1.55 bits per heavy atom. The number of alkyl halides is 3. The fourth-order valence-corrected chi connectivity index (χ4v) is 5.37. The van der Waals surface area contributed by atoms with Crippen molar-refractivity contribution >= 4 is 50.6 Å². The third-order valence-corrected chi connectivity index (χ3v) is 8.24. The minimum absolute atomic E-state index is 0.330. The van der Waals surface area contributed by atoms with Gasteiger partial charge >= 0.3 is 6.18 Å². The molecule has 0 unspecified atom stereocenters. The van der Waals surface area contributed by atoms with Crippen LogP contribution in [0.2, 0.25) is 0 Å². The molecule has 1 fully saturated rings. The van der Waals surface area contributed by atoms with Crippen LogP contribution in [0.3, 0.4) is 0 Å². The molecule has 10 heteroatoms. The summed E-state index contributed by atoms with van der Waals surface area (Å²) in [6.07, 6.45) is -4.42. The summed E-state index contributed by atoms with van der Waals surface area (Å²) in [5, 5.41) is 2.92. The molecule has 42 heavy (non-hydrogen) atoms. The van der Waals surface area contributed by atoms with Crippen LogP contribution in [0.15, 0.2) is 97.1 Å². The van der Waals surface area contributed by atoms with Crippen LogP contribution in [-0.2, 0) is 12.7 Å². The van der Waals surface area contributed by atoms with Crippen LogP contribution >= 0.6 is 28.4 Å². The largest absolute Gasteiger partial charge is 0.416 e. The molecule has 1 saturated heterocycles. The molecule has 2 N–H and O–H groups in total. The number of rotatable bonds is 7. The minimum Gasteiger partial charge on any atom is -0.369 e. The Hall–Kier alpha value is -3.73.